The average molecular weight is 239 g/mol. The minimum atomic E-state index is -0.313. The summed E-state index contributed by atoms with van der Waals surface area (Å²) in [5, 5.41) is 9.67. The smallest absolute Gasteiger partial charge is 0.228 e. The Bertz CT molecular complexity index is 282. The quantitative estimate of drug-likeness (QED) is 0.802. The number of aliphatic hydroxyl groups excluding tert-OH is 1. The van der Waals surface area contributed by atoms with Crippen molar-refractivity contribution in [3.05, 3.63) is 0 Å². The Hall–Kier alpha value is -0.570. The van der Waals surface area contributed by atoms with Crippen LogP contribution in [0.15, 0.2) is 0 Å². The van der Waals surface area contributed by atoms with Gasteiger partial charge in [0.05, 0.1) is 6.10 Å². The van der Waals surface area contributed by atoms with Gasteiger partial charge in [-0.25, -0.2) is 0 Å². The fraction of sp³-hybridized carbons (Fsp3) is 0.929. The van der Waals surface area contributed by atoms with Crippen LogP contribution < -0.4 is 0 Å². The van der Waals surface area contributed by atoms with E-state index in [4.69, 9.17) is 0 Å². The third-order valence-corrected chi connectivity index (χ3v) is 4.61. The second-order valence-corrected chi connectivity index (χ2v) is 6.25. The number of piperidine rings is 1. The molecule has 3 nitrogen and oxygen atoms in total. The number of amides is 1. The molecular weight excluding hydrogens is 214 g/mol. The molecule has 1 saturated heterocycles. The molecule has 0 radical (unpaired) electrons. The molecule has 1 heterocycles. The highest BCUT2D eigenvalue weighted by Crippen LogP contribution is 2.41. The summed E-state index contributed by atoms with van der Waals surface area (Å²) in [4.78, 5) is 14.4. The van der Waals surface area contributed by atoms with Crippen LogP contribution in [0.5, 0.6) is 0 Å². The van der Waals surface area contributed by atoms with Crippen molar-refractivity contribution in [2.24, 2.45) is 11.3 Å². The molecule has 1 aliphatic carbocycles. The predicted octanol–water partition coefficient (Wildman–Crippen LogP) is 2.19. The normalized spacial score (nSPS) is 27.5. The standard InChI is InChI=1S/C14H25NO2/c1-14(2,11-6-3-4-7-11)13(17)15-9-5-8-12(16)10-15/h11-12,16H,3-10H2,1-2H3. The molecule has 2 aliphatic rings. The number of hydrogen-bond donors (Lipinski definition) is 1. The second kappa shape index (κ2) is 4.97. The molecule has 2 fully saturated rings. The van der Waals surface area contributed by atoms with Gasteiger partial charge >= 0.3 is 0 Å². The first kappa shape index (κ1) is 12.9. The first-order chi connectivity index (χ1) is 8.01. The van der Waals surface area contributed by atoms with Gasteiger partial charge in [-0.15, -0.1) is 0 Å². The number of aliphatic hydroxyl groups is 1. The summed E-state index contributed by atoms with van der Waals surface area (Å²) in [6, 6.07) is 0. The Balaban J connectivity index is 2.01. The summed E-state index contributed by atoms with van der Waals surface area (Å²) in [6.45, 7) is 5.54. The lowest BCUT2D eigenvalue weighted by Crippen LogP contribution is -2.49. The van der Waals surface area contributed by atoms with Gasteiger partial charge in [-0.1, -0.05) is 26.7 Å². The summed E-state index contributed by atoms with van der Waals surface area (Å²) >= 11 is 0. The van der Waals surface area contributed by atoms with Crippen molar-refractivity contribution in [1.82, 2.24) is 4.90 Å². The number of β-amino-alcohol motifs (C(OH)–C–C–N with tert-alkyl or cyclic N) is 1. The Morgan fingerprint density at radius 2 is 1.82 bits per heavy atom. The second-order valence-electron chi connectivity index (χ2n) is 6.25. The van der Waals surface area contributed by atoms with Crippen LogP contribution in [-0.4, -0.2) is 35.1 Å². The maximum atomic E-state index is 12.6. The van der Waals surface area contributed by atoms with Crippen LogP contribution in [-0.2, 0) is 4.79 Å². The highest BCUT2D eigenvalue weighted by atomic mass is 16.3. The van der Waals surface area contributed by atoms with Crippen LogP contribution in [0.1, 0.15) is 52.4 Å². The van der Waals surface area contributed by atoms with Crippen LogP contribution in [0, 0.1) is 11.3 Å². The molecule has 0 bridgehead atoms. The van der Waals surface area contributed by atoms with Gasteiger partial charge in [-0.2, -0.15) is 0 Å². The van der Waals surface area contributed by atoms with Gasteiger partial charge in [0.2, 0.25) is 5.91 Å². The van der Waals surface area contributed by atoms with Gasteiger partial charge in [0, 0.05) is 18.5 Å². The fourth-order valence-corrected chi connectivity index (χ4v) is 3.37. The van der Waals surface area contributed by atoms with Crippen LogP contribution in [0.25, 0.3) is 0 Å². The zero-order valence-electron chi connectivity index (χ0n) is 11.1. The van der Waals surface area contributed by atoms with E-state index in [9.17, 15) is 9.90 Å². The van der Waals surface area contributed by atoms with Gasteiger partial charge in [-0.3, -0.25) is 4.79 Å². The zero-order valence-corrected chi connectivity index (χ0v) is 11.1. The predicted molar refractivity (Wildman–Crippen MR) is 67.6 cm³/mol. The molecule has 1 atom stereocenters. The van der Waals surface area contributed by atoms with E-state index in [2.05, 4.69) is 13.8 Å². The summed E-state index contributed by atoms with van der Waals surface area (Å²) in [6.07, 6.45) is 6.38. The molecule has 3 heteroatoms. The Kier molecular flexibility index (Phi) is 3.76. The summed E-state index contributed by atoms with van der Waals surface area (Å²) in [5.74, 6) is 0.789. The number of carbonyl (C=O) groups is 1. The van der Waals surface area contributed by atoms with Crippen molar-refractivity contribution in [2.75, 3.05) is 13.1 Å². The minimum absolute atomic E-state index is 0.242. The van der Waals surface area contributed by atoms with E-state index in [1.165, 1.54) is 25.7 Å². The minimum Gasteiger partial charge on any atom is -0.391 e. The highest BCUT2D eigenvalue weighted by molar-refractivity contribution is 5.82. The van der Waals surface area contributed by atoms with E-state index in [-0.39, 0.29) is 17.4 Å². The van der Waals surface area contributed by atoms with Crippen molar-refractivity contribution in [1.29, 1.82) is 0 Å². The van der Waals surface area contributed by atoms with Gasteiger partial charge in [0.1, 0.15) is 0 Å². The van der Waals surface area contributed by atoms with Crippen LogP contribution in [0.3, 0.4) is 0 Å². The lowest BCUT2D eigenvalue weighted by molar-refractivity contribution is -0.146. The fourth-order valence-electron chi connectivity index (χ4n) is 3.37. The van der Waals surface area contributed by atoms with Crippen molar-refractivity contribution < 1.29 is 9.90 Å². The number of rotatable bonds is 2. The van der Waals surface area contributed by atoms with E-state index in [1.807, 2.05) is 4.90 Å². The first-order valence-corrected chi connectivity index (χ1v) is 6.99. The number of nitrogens with zero attached hydrogens (tertiary/aromatic N) is 1. The topological polar surface area (TPSA) is 40.5 Å². The Morgan fingerprint density at radius 1 is 1.18 bits per heavy atom. The highest BCUT2D eigenvalue weighted by Gasteiger charge is 2.41. The maximum absolute atomic E-state index is 12.6. The number of likely N-dealkylation sites (tertiary alicyclic amines) is 1. The summed E-state index contributed by atoms with van der Waals surface area (Å²) in [5.41, 5.74) is -0.242. The van der Waals surface area contributed by atoms with Crippen molar-refractivity contribution in [3.8, 4) is 0 Å². The van der Waals surface area contributed by atoms with E-state index in [0.29, 0.717) is 12.5 Å². The molecule has 0 spiro atoms. The SMILES string of the molecule is CC(C)(C(=O)N1CCCC(O)C1)C1CCCC1. The average Bonchev–Trinajstić information content (AvgIpc) is 2.82. The first-order valence-electron chi connectivity index (χ1n) is 6.99. The third kappa shape index (κ3) is 2.65. The van der Waals surface area contributed by atoms with Gasteiger partial charge in [0.25, 0.3) is 0 Å². The van der Waals surface area contributed by atoms with E-state index < -0.39 is 0 Å². The molecule has 0 aromatic rings. The molecule has 0 aromatic carbocycles. The van der Waals surface area contributed by atoms with Crippen molar-refractivity contribution in [2.45, 2.75) is 58.5 Å². The molecule has 17 heavy (non-hydrogen) atoms. The molecule has 98 valence electrons. The van der Waals surface area contributed by atoms with Gasteiger partial charge in [-0.05, 0) is 31.6 Å². The number of hydrogen-bond acceptors (Lipinski definition) is 2. The lowest BCUT2D eigenvalue weighted by atomic mass is 9.76. The molecule has 2 rings (SSSR count). The zero-order chi connectivity index (χ0) is 12.5. The van der Waals surface area contributed by atoms with Crippen LogP contribution >= 0.6 is 0 Å². The molecule has 1 amide bonds. The molecular formula is C14H25NO2. The molecule has 1 unspecified atom stereocenters. The molecule has 0 aromatic heterocycles. The van der Waals surface area contributed by atoms with Gasteiger partial charge < -0.3 is 10.0 Å². The van der Waals surface area contributed by atoms with Crippen molar-refractivity contribution in [3.63, 3.8) is 0 Å². The summed E-state index contributed by atoms with van der Waals surface area (Å²) in [7, 11) is 0. The molecule has 1 aliphatic heterocycles. The van der Waals surface area contributed by atoms with Gasteiger partial charge in [0.15, 0.2) is 0 Å². The van der Waals surface area contributed by atoms with Crippen LogP contribution in [0.2, 0.25) is 0 Å². The Labute approximate surface area is 104 Å². The van der Waals surface area contributed by atoms with E-state index in [0.717, 1.165) is 19.4 Å². The largest absolute Gasteiger partial charge is 0.391 e. The monoisotopic (exact) mass is 239 g/mol. The lowest BCUT2D eigenvalue weighted by Gasteiger charge is -2.39. The maximum Gasteiger partial charge on any atom is 0.228 e. The van der Waals surface area contributed by atoms with Crippen molar-refractivity contribution >= 4 is 5.91 Å². The third-order valence-electron chi connectivity index (χ3n) is 4.61. The van der Waals surface area contributed by atoms with Crippen LogP contribution in [0.4, 0.5) is 0 Å². The molecule has 1 N–H and O–H groups in total. The van der Waals surface area contributed by atoms with E-state index >= 15 is 0 Å². The Morgan fingerprint density at radius 3 is 2.41 bits per heavy atom. The van der Waals surface area contributed by atoms with E-state index in [1.54, 1.807) is 0 Å². The molecule has 1 saturated carbocycles. The summed E-state index contributed by atoms with van der Waals surface area (Å²) < 4.78 is 0. The number of carbonyl (C=O) groups excluding carboxylic acids is 1.